The summed E-state index contributed by atoms with van der Waals surface area (Å²) in [6, 6.07) is 10.7. The fraction of sp³-hybridized carbons (Fsp3) is 0.250. The summed E-state index contributed by atoms with van der Waals surface area (Å²) >= 11 is 1.33. The molecule has 3 rings (SSSR count). The molecule has 5 heteroatoms. The number of nitrogens with one attached hydrogen (secondary N) is 1. The molecular formula is C16H15NO3S. The second-order valence-electron chi connectivity index (χ2n) is 5.16. The molecule has 2 N–H and O–H groups in total. The lowest BCUT2D eigenvalue weighted by Gasteiger charge is -2.13. The van der Waals surface area contributed by atoms with Crippen LogP contribution in [-0.4, -0.2) is 23.0 Å². The number of carbonyl (C=O) groups excluding carboxylic acids is 1. The molecule has 1 aliphatic rings. The Morgan fingerprint density at radius 2 is 1.90 bits per heavy atom. The summed E-state index contributed by atoms with van der Waals surface area (Å²) in [6.45, 7) is 0. The van der Waals surface area contributed by atoms with Crippen LogP contribution in [0.1, 0.15) is 22.5 Å². The van der Waals surface area contributed by atoms with Gasteiger partial charge in [-0.05, 0) is 35.8 Å². The highest BCUT2D eigenvalue weighted by atomic mass is 32.1. The van der Waals surface area contributed by atoms with Crippen LogP contribution in [0.15, 0.2) is 41.8 Å². The lowest BCUT2D eigenvalue weighted by atomic mass is 10.1. The van der Waals surface area contributed by atoms with Crippen molar-refractivity contribution in [2.75, 3.05) is 0 Å². The van der Waals surface area contributed by atoms with E-state index in [1.807, 2.05) is 41.8 Å². The normalized spacial score (nSPS) is 15.4. The summed E-state index contributed by atoms with van der Waals surface area (Å²) in [6.07, 6.45) is 1.74. The van der Waals surface area contributed by atoms with E-state index in [1.54, 1.807) is 0 Å². The number of carboxylic acid groups (broad SMARTS) is 1. The fourth-order valence-electron chi connectivity index (χ4n) is 2.35. The van der Waals surface area contributed by atoms with Gasteiger partial charge in [0.15, 0.2) is 0 Å². The number of benzene rings is 1. The average Bonchev–Trinajstić information content (AvgIpc) is 3.20. The van der Waals surface area contributed by atoms with Crippen LogP contribution in [0.4, 0.5) is 0 Å². The van der Waals surface area contributed by atoms with Gasteiger partial charge in [0.1, 0.15) is 6.04 Å². The molecular weight excluding hydrogens is 286 g/mol. The van der Waals surface area contributed by atoms with Crippen molar-refractivity contribution in [3.63, 3.8) is 0 Å². The molecule has 1 aromatic carbocycles. The first-order valence-electron chi connectivity index (χ1n) is 6.83. The first-order valence-corrected chi connectivity index (χ1v) is 7.71. The van der Waals surface area contributed by atoms with Crippen LogP contribution in [0, 0.1) is 5.92 Å². The highest BCUT2D eigenvalue weighted by molar-refractivity contribution is 7.12. The molecule has 2 aromatic rings. The molecule has 0 bridgehead atoms. The molecule has 1 aliphatic carbocycles. The van der Waals surface area contributed by atoms with E-state index >= 15 is 0 Å². The number of rotatable bonds is 5. The van der Waals surface area contributed by atoms with Crippen molar-refractivity contribution in [2.45, 2.75) is 18.9 Å². The second-order valence-corrected chi connectivity index (χ2v) is 6.07. The molecule has 1 amide bonds. The van der Waals surface area contributed by atoms with Crippen LogP contribution < -0.4 is 5.32 Å². The number of amides is 1. The highest BCUT2D eigenvalue weighted by Crippen LogP contribution is 2.34. The van der Waals surface area contributed by atoms with Gasteiger partial charge in [0, 0.05) is 5.56 Å². The maximum absolute atomic E-state index is 12.4. The van der Waals surface area contributed by atoms with Gasteiger partial charge < -0.3 is 10.4 Å². The first kappa shape index (κ1) is 13.8. The van der Waals surface area contributed by atoms with Crippen molar-refractivity contribution in [3.8, 4) is 11.1 Å². The van der Waals surface area contributed by atoms with Gasteiger partial charge in [-0.2, -0.15) is 0 Å². The summed E-state index contributed by atoms with van der Waals surface area (Å²) in [5.41, 5.74) is 1.81. The quantitative estimate of drug-likeness (QED) is 0.892. The Kier molecular flexibility index (Phi) is 3.75. The van der Waals surface area contributed by atoms with Crippen molar-refractivity contribution in [3.05, 3.63) is 46.7 Å². The Morgan fingerprint density at radius 3 is 2.52 bits per heavy atom. The fourth-order valence-corrected chi connectivity index (χ4v) is 3.17. The lowest BCUT2D eigenvalue weighted by molar-refractivity contribution is -0.139. The maximum Gasteiger partial charge on any atom is 0.326 e. The highest BCUT2D eigenvalue weighted by Gasteiger charge is 2.37. The minimum absolute atomic E-state index is 0.0755. The van der Waals surface area contributed by atoms with Gasteiger partial charge >= 0.3 is 5.97 Å². The van der Waals surface area contributed by atoms with Gasteiger partial charge in [-0.3, -0.25) is 4.79 Å². The molecule has 1 aromatic heterocycles. The van der Waals surface area contributed by atoms with Gasteiger partial charge in [-0.15, -0.1) is 11.3 Å². The third-order valence-electron chi connectivity index (χ3n) is 3.60. The van der Waals surface area contributed by atoms with E-state index in [-0.39, 0.29) is 11.8 Å². The van der Waals surface area contributed by atoms with E-state index in [2.05, 4.69) is 5.32 Å². The first-order chi connectivity index (χ1) is 10.2. The Balaban J connectivity index is 1.82. The molecule has 1 fully saturated rings. The SMILES string of the molecule is O=C(NC(C(=O)O)C1CC1)c1sccc1-c1ccccc1. The molecule has 1 saturated carbocycles. The van der Waals surface area contributed by atoms with Crippen LogP contribution >= 0.6 is 11.3 Å². The van der Waals surface area contributed by atoms with Crippen LogP contribution in [0.25, 0.3) is 11.1 Å². The van der Waals surface area contributed by atoms with Gasteiger partial charge in [-0.25, -0.2) is 4.79 Å². The van der Waals surface area contributed by atoms with Gasteiger partial charge in [-0.1, -0.05) is 30.3 Å². The number of hydrogen-bond donors (Lipinski definition) is 2. The minimum atomic E-state index is -0.955. The van der Waals surface area contributed by atoms with Gasteiger partial charge in [0.25, 0.3) is 5.91 Å². The number of carbonyl (C=O) groups is 2. The molecule has 4 nitrogen and oxygen atoms in total. The van der Waals surface area contributed by atoms with Crippen LogP contribution in [-0.2, 0) is 4.79 Å². The zero-order valence-corrected chi connectivity index (χ0v) is 12.1. The average molecular weight is 301 g/mol. The van der Waals surface area contributed by atoms with Crippen molar-refractivity contribution in [1.29, 1.82) is 0 Å². The van der Waals surface area contributed by atoms with Crippen molar-refractivity contribution in [2.24, 2.45) is 5.92 Å². The van der Waals surface area contributed by atoms with Gasteiger partial charge in [0.2, 0.25) is 0 Å². The Bertz CT molecular complexity index is 661. The molecule has 0 saturated heterocycles. The third-order valence-corrected chi connectivity index (χ3v) is 4.52. The lowest BCUT2D eigenvalue weighted by Crippen LogP contribution is -2.42. The van der Waals surface area contributed by atoms with E-state index in [9.17, 15) is 14.7 Å². The summed E-state index contributed by atoms with van der Waals surface area (Å²) in [4.78, 5) is 24.2. The Labute approximate surface area is 126 Å². The second kappa shape index (κ2) is 5.69. The molecule has 0 aliphatic heterocycles. The minimum Gasteiger partial charge on any atom is -0.480 e. The van der Waals surface area contributed by atoms with Crippen molar-refractivity contribution in [1.82, 2.24) is 5.32 Å². The number of carboxylic acids is 1. The third kappa shape index (κ3) is 2.97. The van der Waals surface area contributed by atoms with E-state index < -0.39 is 12.0 Å². The smallest absolute Gasteiger partial charge is 0.326 e. The van der Waals surface area contributed by atoms with Crippen molar-refractivity contribution >= 4 is 23.2 Å². The number of hydrogen-bond acceptors (Lipinski definition) is 3. The summed E-state index contributed by atoms with van der Waals surface area (Å²) in [5.74, 6) is -1.18. The van der Waals surface area contributed by atoms with Crippen LogP contribution in [0.5, 0.6) is 0 Å². The zero-order chi connectivity index (χ0) is 14.8. The molecule has 21 heavy (non-hydrogen) atoms. The largest absolute Gasteiger partial charge is 0.480 e. The molecule has 108 valence electrons. The van der Waals surface area contributed by atoms with E-state index in [1.165, 1.54) is 11.3 Å². The van der Waals surface area contributed by atoms with Crippen LogP contribution in [0.2, 0.25) is 0 Å². The zero-order valence-electron chi connectivity index (χ0n) is 11.3. The predicted molar refractivity (Wildman–Crippen MR) is 81.4 cm³/mol. The molecule has 1 unspecified atom stereocenters. The Hall–Kier alpha value is -2.14. The van der Waals surface area contributed by atoms with Gasteiger partial charge in [0.05, 0.1) is 4.88 Å². The van der Waals surface area contributed by atoms with E-state index in [0.29, 0.717) is 4.88 Å². The molecule has 1 heterocycles. The number of thiophene rings is 1. The monoisotopic (exact) mass is 301 g/mol. The van der Waals surface area contributed by atoms with Crippen molar-refractivity contribution < 1.29 is 14.7 Å². The molecule has 0 spiro atoms. The van der Waals surface area contributed by atoms with E-state index in [4.69, 9.17) is 0 Å². The summed E-state index contributed by atoms with van der Waals surface area (Å²) < 4.78 is 0. The Morgan fingerprint density at radius 1 is 1.19 bits per heavy atom. The molecule has 0 radical (unpaired) electrons. The summed E-state index contributed by atoms with van der Waals surface area (Å²) in [5, 5.41) is 13.7. The maximum atomic E-state index is 12.4. The topological polar surface area (TPSA) is 66.4 Å². The number of aliphatic carboxylic acids is 1. The molecule has 1 atom stereocenters. The standard InChI is InChI=1S/C16H15NO3S/c18-15(17-13(16(19)20)11-6-7-11)14-12(8-9-21-14)10-4-2-1-3-5-10/h1-5,8-9,11,13H,6-7H2,(H,17,18)(H,19,20). The van der Waals surface area contributed by atoms with E-state index in [0.717, 1.165) is 24.0 Å². The van der Waals surface area contributed by atoms with Crippen LogP contribution in [0.3, 0.4) is 0 Å². The summed E-state index contributed by atoms with van der Waals surface area (Å²) in [7, 11) is 0. The predicted octanol–water partition coefficient (Wildman–Crippen LogP) is 3.01.